The zero-order chi connectivity index (χ0) is 9.52. The molecule has 0 aliphatic heterocycles. The van der Waals surface area contributed by atoms with Gasteiger partial charge in [-0.05, 0) is 25.2 Å². The van der Waals surface area contributed by atoms with Crippen molar-refractivity contribution in [1.29, 1.82) is 0 Å². The standard InChI is InChI=1S/C11H22O2/c1-3-11(12-2)13-9-10-7-5-4-6-8-10/h10-11H,3-9H2,1-2H3. The number of rotatable bonds is 5. The van der Waals surface area contributed by atoms with Gasteiger partial charge in [-0.25, -0.2) is 0 Å². The minimum atomic E-state index is 0.0157. The van der Waals surface area contributed by atoms with Gasteiger partial charge in [0.1, 0.15) is 0 Å². The van der Waals surface area contributed by atoms with Crippen molar-refractivity contribution >= 4 is 0 Å². The fourth-order valence-electron chi connectivity index (χ4n) is 1.95. The first-order valence-corrected chi connectivity index (χ1v) is 5.51. The zero-order valence-corrected chi connectivity index (χ0v) is 8.92. The molecule has 0 N–H and O–H groups in total. The highest BCUT2D eigenvalue weighted by Crippen LogP contribution is 2.24. The molecule has 0 spiro atoms. The van der Waals surface area contributed by atoms with Crippen molar-refractivity contribution in [2.45, 2.75) is 51.7 Å². The van der Waals surface area contributed by atoms with E-state index in [9.17, 15) is 0 Å². The highest BCUT2D eigenvalue weighted by molar-refractivity contribution is 4.65. The van der Waals surface area contributed by atoms with Gasteiger partial charge in [0.25, 0.3) is 0 Å². The Morgan fingerprint density at radius 1 is 1.23 bits per heavy atom. The third kappa shape index (κ3) is 4.10. The van der Waals surface area contributed by atoms with Crippen LogP contribution in [-0.2, 0) is 9.47 Å². The molecule has 2 heteroatoms. The van der Waals surface area contributed by atoms with Crippen molar-refractivity contribution < 1.29 is 9.47 Å². The molecular formula is C11H22O2. The molecule has 2 nitrogen and oxygen atoms in total. The Bertz CT molecular complexity index is 115. The molecular weight excluding hydrogens is 164 g/mol. The quantitative estimate of drug-likeness (QED) is 0.614. The third-order valence-corrected chi connectivity index (χ3v) is 2.84. The van der Waals surface area contributed by atoms with Crippen LogP contribution in [-0.4, -0.2) is 20.0 Å². The first kappa shape index (κ1) is 11.0. The van der Waals surface area contributed by atoms with Crippen molar-refractivity contribution in [3.05, 3.63) is 0 Å². The van der Waals surface area contributed by atoms with E-state index >= 15 is 0 Å². The lowest BCUT2D eigenvalue weighted by Gasteiger charge is -2.23. The lowest BCUT2D eigenvalue weighted by Crippen LogP contribution is -2.20. The molecule has 0 radical (unpaired) electrons. The largest absolute Gasteiger partial charge is 0.356 e. The second-order valence-corrected chi connectivity index (χ2v) is 3.91. The van der Waals surface area contributed by atoms with Gasteiger partial charge in [0.05, 0.1) is 6.61 Å². The molecule has 1 aliphatic rings. The lowest BCUT2D eigenvalue weighted by molar-refractivity contribution is -0.135. The van der Waals surface area contributed by atoms with Gasteiger partial charge in [-0.3, -0.25) is 0 Å². The van der Waals surface area contributed by atoms with Crippen LogP contribution in [0.2, 0.25) is 0 Å². The average Bonchev–Trinajstić information content (AvgIpc) is 2.21. The lowest BCUT2D eigenvalue weighted by atomic mass is 9.90. The van der Waals surface area contributed by atoms with Crippen molar-refractivity contribution in [2.75, 3.05) is 13.7 Å². The molecule has 1 aliphatic carbocycles. The van der Waals surface area contributed by atoms with Crippen LogP contribution in [0.25, 0.3) is 0 Å². The molecule has 0 bridgehead atoms. The van der Waals surface area contributed by atoms with Gasteiger partial charge < -0.3 is 9.47 Å². The number of ether oxygens (including phenoxy) is 2. The maximum atomic E-state index is 5.66. The molecule has 1 rings (SSSR count). The Kier molecular flexibility index (Phi) is 5.40. The first-order valence-electron chi connectivity index (χ1n) is 5.51. The molecule has 13 heavy (non-hydrogen) atoms. The summed E-state index contributed by atoms with van der Waals surface area (Å²) in [6, 6.07) is 0. The molecule has 78 valence electrons. The van der Waals surface area contributed by atoms with E-state index < -0.39 is 0 Å². The van der Waals surface area contributed by atoms with E-state index in [-0.39, 0.29) is 6.29 Å². The van der Waals surface area contributed by atoms with Gasteiger partial charge in [0.2, 0.25) is 0 Å². The van der Waals surface area contributed by atoms with E-state index in [0.29, 0.717) is 0 Å². The Labute approximate surface area is 81.6 Å². The predicted molar refractivity (Wildman–Crippen MR) is 53.6 cm³/mol. The van der Waals surface area contributed by atoms with E-state index in [4.69, 9.17) is 9.47 Å². The summed E-state index contributed by atoms with van der Waals surface area (Å²) < 4.78 is 10.8. The maximum absolute atomic E-state index is 5.66. The summed E-state index contributed by atoms with van der Waals surface area (Å²) in [6.07, 6.45) is 7.85. The normalized spacial score (nSPS) is 21.7. The maximum Gasteiger partial charge on any atom is 0.156 e. The molecule has 0 aromatic rings. The summed E-state index contributed by atoms with van der Waals surface area (Å²) in [4.78, 5) is 0. The minimum absolute atomic E-state index is 0.0157. The van der Waals surface area contributed by atoms with E-state index in [1.807, 2.05) is 0 Å². The monoisotopic (exact) mass is 186 g/mol. The van der Waals surface area contributed by atoms with Gasteiger partial charge >= 0.3 is 0 Å². The Balaban J connectivity index is 2.09. The van der Waals surface area contributed by atoms with Crippen LogP contribution >= 0.6 is 0 Å². The SMILES string of the molecule is CCC(OC)OCC1CCCCC1. The summed E-state index contributed by atoms with van der Waals surface area (Å²) in [5, 5.41) is 0. The summed E-state index contributed by atoms with van der Waals surface area (Å²) in [5.41, 5.74) is 0. The second-order valence-electron chi connectivity index (χ2n) is 3.91. The first-order chi connectivity index (χ1) is 6.36. The van der Waals surface area contributed by atoms with Gasteiger partial charge in [0.15, 0.2) is 6.29 Å². The van der Waals surface area contributed by atoms with E-state index in [0.717, 1.165) is 18.9 Å². The Morgan fingerprint density at radius 3 is 2.46 bits per heavy atom. The van der Waals surface area contributed by atoms with Crippen molar-refractivity contribution in [2.24, 2.45) is 5.92 Å². The molecule has 0 amide bonds. The molecule has 1 unspecified atom stereocenters. The molecule has 1 saturated carbocycles. The Hall–Kier alpha value is -0.0800. The van der Waals surface area contributed by atoms with E-state index in [1.165, 1.54) is 32.1 Å². The third-order valence-electron chi connectivity index (χ3n) is 2.84. The predicted octanol–water partition coefficient (Wildman–Crippen LogP) is 2.97. The minimum Gasteiger partial charge on any atom is -0.356 e. The second kappa shape index (κ2) is 6.39. The van der Waals surface area contributed by atoms with Crippen LogP contribution in [0.3, 0.4) is 0 Å². The van der Waals surface area contributed by atoms with Gasteiger partial charge in [-0.1, -0.05) is 26.2 Å². The van der Waals surface area contributed by atoms with Gasteiger partial charge in [0, 0.05) is 7.11 Å². The van der Waals surface area contributed by atoms with Crippen LogP contribution < -0.4 is 0 Å². The highest BCUT2D eigenvalue weighted by Gasteiger charge is 2.15. The molecule has 0 heterocycles. The summed E-state index contributed by atoms with van der Waals surface area (Å²) in [6.45, 7) is 2.99. The van der Waals surface area contributed by atoms with Crippen molar-refractivity contribution in [3.8, 4) is 0 Å². The number of methoxy groups -OCH3 is 1. The average molecular weight is 186 g/mol. The Morgan fingerprint density at radius 2 is 1.92 bits per heavy atom. The van der Waals surface area contributed by atoms with E-state index in [2.05, 4.69) is 6.92 Å². The topological polar surface area (TPSA) is 18.5 Å². The fourth-order valence-corrected chi connectivity index (χ4v) is 1.95. The van der Waals surface area contributed by atoms with Crippen LogP contribution in [0.4, 0.5) is 0 Å². The number of hydrogen-bond donors (Lipinski definition) is 0. The van der Waals surface area contributed by atoms with Crippen molar-refractivity contribution in [1.82, 2.24) is 0 Å². The molecule has 0 aromatic heterocycles. The molecule has 0 aromatic carbocycles. The van der Waals surface area contributed by atoms with Crippen LogP contribution in [0.15, 0.2) is 0 Å². The molecule has 0 saturated heterocycles. The van der Waals surface area contributed by atoms with Crippen molar-refractivity contribution in [3.63, 3.8) is 0 Å². The van der Waals surface area contributed by atoms with Gasteiger partial charge in [-0.15, -0.1) is 0 Å². The van der Waals surface area contributed by atoms with E-state index in [1.54, 1.807) is 7.11 Å². The zero-order valence-electron chi connectivity index (χ0n) is 8.92. The summed E-state index contributed by atoms with van der Waals surface area (Å²) >= 11 is 0. The summed E-state index contributed by atoms with van der Waals surface area (Å²) in [7, 11) is 1.72. The van der Waals surface area contributed by atoms with Crippen LogP contribution in [0.5, 0.6) is 0 Å². The van der Waals surface area contributed by atoms with Gasteiger partial charge in [-0.2, -0.15) is 0 Å². The highest BCUT2D eigenvalue weighted by atomic mass is 16.7. The van der Waals surface area contributed by atoms with Crippen LogP contribution in [0, 0.1) is 5.92 Å². The molecule has 1 fully saturated rings. The summed E-state index contributed by atoms with van der Waals surface area (Å²) in [5.74, 6) is 0.790. The fraction of sp³-hybridized carbons (Fsp3) is 1.00. The molecule has 1 atom stereocenters. The number of hydrogen-bond acceptors (Lipinski definition) is 2. The smallest absolute Gasteiger partial charge is 0.156 e. The van der Waals surface area contributed by atoms with Crippen LogP contribution in [0.1, 0.15) is 45.4 Å².